The first-order valence-corrected chi connectivity index (χ1v) is 8.57. The first kappa shape index (κ1) is 16.7. The number of nitrogens with two attached hydrogens (primary N) is 1. The van der Waals surface area contributed by atoms with Gasteiger partial charge in [-0.25, -0.2) is 4.68 Å². The molecular formula is C18H25N5O. The van der Waals surface area contributed by atoms with E-state index in [4.69, 9.17) is 5.73 Å². The number of aromatic nitrogens is 2. The van der Waals surface area contributed by atoms with E-state index in [0.29, 0.717) is 18.2 Å². The fourth-order valence-electron chi connectivity index (χ4n) is 3.17. The van der Waals surface area contributed by atoms with E-state index in [9.17, 15) is 4.79 Å². The Bertz CT molecular complexity index is 671. The Morgan fingerprint density at radius 1 is 1.25 bits per heavy atom. The highest BCUT2D eigenvalue weighted by Crippen LogP contribution is 2.25. The Balaban J connectivity index is 1.67. The summed E-state index contributed by atoms with van der Waals surface area (Å²) in [7, 11) is 0. The van der Waals surface area contributed by atoms with Crippen LogP contribution in [0.2, 0.25) is 0 Å². The number of likely N-dealkylation sites (tertiary alicyclic amines) is 1. The van der Waals surface area contributed by atoms with Gasteiger partial charge >= 0.3 is 0 Å². The van der Waals surface area contributed by atoms with Crippen LogP contribution in [-0.4, -0.2) is 40.2 Å². The molecule has 0 saturated carbocycles. The maximum absolute atomic E-state index is 12.5. The Kier molecular flexibility index (Phi) is 5.27. The molecule has 0 radical (unpaired) electrons. The molecule has 0 spiro atoms. The van der Waals surface area contributed by atoms with Crippen molar-refractivity contribution in [2.24, 2.45) is 5.73 Å². The molecule has 2 aromatic rings. The lowest BCUT2D eigenvalue weighted by atomic mass is 10.1. The minimum atomic E-state index is -0.119. The van der Waals surface area contributed by atoms with Gasteiger partial charge in [0.1, 0.15) is 5.82 Å². The minimum Gasteiger partial charge on any atom is -0.326 e. The van der Waals surface area contributed by atoms with Crippen LogP contribution < -0.4 is 11.1 Å². The van der Waals surface area contributed by atoms with E-state index in [1.807, 2.05) is 22.9 Å². The number of nitrogens with zero attached hydrogens (tertiary/aromatic N) is 3. The number of benzene rings is 1. The third-order valence-corrected chi connectivity index (χ3v) is 4.71. The Labute approximate surface area is 142 Å². The first-order valence-electron chi connectivity index (χ1n) is 8.57. The van der Waals surface area contributed by atoms with Crippen molar-refractivity contribution >= 4 is 11.7 Å². The molecule has 24 heavy (non-hydrogen) atoms. The van der Waals surface area contributed by atoms with Crippen molar-refractivity contribution < 1.29 is 4.79 Å². The topological polar surface area (TPSA) is 76.2 Å². The zero-order valence-corrected chi connectivity index (χ0v) is 14.1. The Morgan fingerprint density at radius 2 is 1.96 bits per heavy atom. The van der Waals surface area contributed by atoms with E-state index in [-0.39, 0.29) is 5.91 Å². The summed E-state index contributed by atoms with van der Waals surface area (Å²) in [6, 6.07) is 9.57. The predicted molar refractivity (Wildman–Crippen MR) is 94.9 cm³/mol. The Hall–Kier alpha value is -2.18. The molecule has 3 N–H and O–H groups in total. The van der Waals surface area contributed by atoms with Crippen molar-refractivity contribution in [1.82, 2.24) is 14.7 Å². The van der Waals surface area contributed by atoms with Crippen LogP contribution in [0.15, 0.2) is 36.5 Å². The number of hydrogen-bond donors (Lipinski definition) is 2. The molecule has 2 heterocycles. The van der Waals surface area contributed by atoms with Crippen molar-refractivity contribution in [3.05, 3.63) is 47.7 Å². The van der Waals surface area contributed by atoms with Crippen LogP contribution in [0, 0.1) is 0 Å². The second-order valence-corrected chi connectivity index (χ2v) is 6.18. The molecule has 1 saturated heterocycles. The molecule has 128 valence electrons. The molecule has 0 aliphatic carbocycles. The minimum absolute atomic E-state index is 0.119. The molecule has 3 rings (SSSR count). The smallest absolute Gasteiger partial charge is 0.256 e. The van der Waals surface area contributed by atoms with Gasteiger partial charge in [-0.2, -0.15) is 5.10 Å². The van der Waals surface area contributed by atoms with Gasteiger partial charge in [0.05, 0.1) is 12.2 Å². The first-order chi connectivity index (χ1) is 11.7. The lowest BCUT2D eigenvalue weighted by molar-refractivity contribution is 0.102. The fourth-order valence-corrected chi connectivity index (χ4v) is 3.17. The number of rotatable bonds is 5. The van der Waals surface area contributed by atoms with Gasteiger partial charge < -0.3 is 16.0 Å². The van der Waals surface area contributed by atoms with Crippen molar-refractivity contribution in [3.8, 4) is 0 Å². The molecule has 1 amide bonds. The highest BCUT2D eigenvalue weighted by Gasteiger charge is 2.22. The summed E-state index contributed by atoms with van der Waals surface area (Å²) in [6.45, 7) is 5.92. The quantitative estimate of drug-likeness (QED) is 0.883. The molecule has 1 aromatic carbocycles. The van der Waals surface area contributed by atoms with Gasteiger partial charge in [-0.3, -0.25) is 4.79 Å². The van der Waals surface area contributed by atoms with E-state index < -0.39 is 0 Å². The summed E-state index contributed by atoms with van der Waals surface area (Å²) in [5, 5.41) is 7.42. The predicted octanol–water partition coefficient (Wildman–Crippen LogP) is 2.25. The van der Waals surface area contributed by atoms with Crippen molar-refractivity contribution in [3.63, 3.8) is 0 Å². The Morgan fingerprint density at radius 3 is 2.58 bits per heavy atom. The second-order valence-electron chi connectivity index (χ2n) is 6.18. The second kappa shape index (κ2) is 7.59. The van der Waals surface area contributed by atoms with Crippen molar-refractivity contribution in [1.29, 1.82) is 0 Å². The van der Waals surface area contributed by atoms with Crippen LogP contribution in [0.5, 0.6) is 0 Å². The van der Waals surface area contributed by atoms with E-state index in [1.54, 1.807) is 18.3 Å². The van der Waals surface area contributed by atoms with Gasteiger partial charge in [0.2, 0.25) is 0 Å². The number of carbonyl (C=O) groups is 1. The lowest BCUT2D eigenvalue weighted by Gasteiger charge is -2.31. The number of anilines is 1. The van der Waals surface area contributed by atoms with Crippen LogP contribution >= 0.6 is 0 Å². The molecule has 1 aliphatic rings. The zero-order valence-electron chi connectivity index (χ0n) is 14.1. The summed E-state index contributed by atoms with van der Waals surface area (Å²) < 4.78 is 1.96. The largest absolute Gasteiger partial charge is 0.326 e. The molecule has 6 heteroatoms. The molecule has 0 unspecified atom stereocenters. The standard InChI is InChI=1S/C18H25N5O/c1-2-22-11-8-16(9-12-22)23-17(7-10-20-23)21-18(24)15-5-3-14(13-19)4-6-15/h3-7,10,16H,2,8-9,11-13,19H2,1H3,(H,21,24). The average molecular weight is 327 g/mol. The van der Waals surface area contributed by atoms with E-state index in [0.717, 1.165) is 43.9 Å². The van der Waals surface area contributed by atoms with E-state index in [1.165, 1.54) is 0 Å². The van der Waals surface area contributed by atoms with Gasteiger partial charge in [-0.05, 0) is 37.1 Å². The van der Waals surface area contributed by atoms with Crippen LogP contribution in [0.25, 0.3) is 0 Å². The zero-order chi connectivity index (χ0) is 16.9. The van der Waals surface area contributed by atoms with Gasteiger partial charge in [-0.1, -0.05) is 19.1 Å². The highest BCUT2D eigenvalue weighted by molar-refractivity contribution is 6.03. The number of nitrogens with one attached hydrogen (secondary N) is 1. The normalized spacial score (nSPS) is 16.2. The monoisotopic (exact) mass is 327 g/mol. The summed E-state index contributed by atoms with van der Waals surface area (Å²) in [5.74, 6) is 0.643. The number of hydrogen-bond acceptors (Lipinski definition) is 4. The molecule has 0 atom stereocenters. The number of amides is 1. The van der Waals surface area contributed by atoms with Gasteiger partial charge in [0, 0.05) is 31.3 Å². The van der Waals surface area contributed by atoms with Crippen LogP contribution in [0.1, 0.15) is 41.7 Å². The van der Waals surface area contributed by atoms with Gasteiger partial charge in [0.25, 0.3) is 5.91 Å². The third kappa shape index (κ3) is 3.66. The molecule has 1 fully saturated rings. The van der Waals surface area contributed by atoms with Crippen LogP contribution in [0.3, 0.4) is 0 Å². The summed E-state index contributed by atoms with van der Waals surface area (Å²) in [6.07, 6.45) is 3.87. The third-order valence-electron chi connectivity index (χ3n) is 4.71. The van der Waals surface area contributed by atoms with E-state index in [2.05, 4.69) is 22.2 Å². The molecule has 1 aliphatic heterocycles. The highest BCUT2D eigenvalue weighted by atomic mass is 16.1. The molecule has 6 nitrogen and oxygen atoms in total. The maximum atomic E-state index is 12.5. The summed E-state index contributed by atoms with van der Waals surface area (Å²) in [4.78, 5) is 14.9. The SMILES string of the molecule is CCN1CCC(n2nccc2NC(=O)c2ccc(CN)cc2)CC1. The fraction of sp³-hybridized carbons (Fsp3) is 0.444. The van der Waals surface area contributed by atoms with Gasteiger partial charge in [0.15, 0.2) is 0 Å². The number of carbonyl (C=O) groups excluding carboxylic acids is 1. The summed E-state index contributed by atoms with van der Waals surface area (Å²) in [5.41, 5.74) is 7.23. The molecule has 1 aromatic heterocycles. The molecule has 0 bridgehead atoms. The van der Waals surface area contributed by atoms with Crippen molar-refractivity contribution in [2.45, 2.75) is 32.4 Å². The molecular weight excluding hydrogens is 302 g/mol. The van der Waals surface area contributed by atoms with Gasteiger partial charge in [-0.15, -0.1) is 0 Å². The lowest BCUT2D eigenvalue weighted by Crippen LogP contribution is -2.35. The summed E-state index contributed by atoms with van der Waals surface area (Å²) >= 11 is 0. The van der Waals surface area contributed by atoms with Crippen molar-refractivity contribution in [2.75, 3.05) is 25.0 Å². The maximum Gasteiger partial charge on any atom is 0.256 e. The average Bonchev–Trinajstić information content (AvgIpc) is 3.10. The van der Waals surface area contributed by atoms with Crippen LogP contribution in [-0.2, 0) is 6.54 Å². The number of piperidine rings is 1. The van der Waals surface area contributed by atoms with E-state index >= 15 is 0 Å². The van der Waals surface area contributed by atoms with Crippen LogP contribution in [0.4, 0.5) is 5.82 Å².